The number of hydrogen-bond acceptors (Lipinski definition) is 3. The molecule has 1 aromatic carbocycles. The molecule has 5 heteroatoms. The maximum atomic E-state index is 11.8. The van der Waals surface area contributed by atoms with Crippen molar-refractivity contribution in [1.82, 2.24) is 4.72 Å². The van der Waals surface area contributed by atoms with Crippen molar-refractivity contribution in [2.75, 3.05) is 18.4 Å². The van der Waals surface area contributed by atoms with E-state index >= 15 is 0 Å². The van der Waals surface area contributed by atoms with Crippen LogP contribution in [-0.4, -0.2) is 21.5 Å². The molecule has 1 fully saturated rings. The van der Waals surface area contributed by atoms with E-state index in [9.17, 15) is 8.42 Å². The maximum Gasteiger partial charge on any atom is 0.240 e. The van der Waals surface area contributed by atoms with E-state index in [0.717, 1.165) is 18.2 Å². The highest BCUT2D eigenvalue weighted by Gasteiger charge is 2.14. The first-order valence-electron chi connectivity index (χ1n) is 7.95. The van der Waals surface area contributed by atoms with Gasteiger partial charge < -0.3 is 5.32 Å². The molecular weight excluding hydrogens is 284 g/mol. The molecule has 0 atom stereocenters. The van der Waals surface area contributed by atoms with E-state index in [1.54, 1.807) is 19.1 Å². The predicted octanol–water partition coefficient (Wildman–Crippen LogP) is 3.37. The Labute approximate surface area is 128 Å². The molecular formula is C16H26N2O2S. The zero-order valence-electron chi connectivity index (χ0n) is 12.8. The molecule has 0 heterocycles. The second-order valence-corrected chi connectivity index (χ2v) is 7.51. The van der Waals surface area contributed by atoms with Crippen LogP contribution in [0.1, 0.15) is 45.4 Å². The summed E-state index contributed by atoms with van der Waals surface area (Å²) in [6, 6.07) is 6.97. The Morgan fingerprint density at radius 2 is 1.81 bits per heavy atom. The molecule has 0 aliphatic heterocycles. The standard InChI is InChI=1S/C16H26N2O2S/c1-2-18-21(19,20)16-11-9-15(10-12-16)17-13-5-8-14-6-3-4-7-14/h9-12,14,17-18H,2-8,13H2,1H3. The van der Waals surface area contributed by atoms with Gasteiger partial charge in [0.15, 0.2) is 0 Å². The summed E-state index contributed by atoms with van der Waals surface area (Å²) in [5.41, 5.74) is 0.983. The third-order valence-electron chi connectivity index (χ3n) is 4.09. The zero-order valence-corrected chi connectivity index (χ0v) is 13.6. The van der Waals surface area contributed by atoms with Crippen LogP contribution in [0.5, 0.6) is 0 Å². The lowest BCUT2D eigenvalue weighted by molar-refractivity contribution is 0.491. The number of rotatable bonds is 8. The quantitative estimate of drug-likeness (QED) is 0.724. The molecule has 0 aromatic heterocycles. The van der Waals surface area contributed by atoms with Gasteiger partial charge >= 0.3 is 0 Å². The molecule has 1 aliphatic rings. The van der Waals surface area contributed by atoms with E-state index in [1.807, 2.05) is 12.1 Å². The average Bonchev–Trinajstić information content (AvgIpc) is 2.97. The Kier molecular flexibility index (Phi) is 6.06. The van der Waals surface area contributed by atoms with Gasteiger partial charge in [-0.25, -0.2) is 13.1 Å². The first kappa shape index (κ1) is 16.3. The lowest BCUT2D eigenvalue weighted by atomic mass is 10.0. The fourth-order valence-electron chi connectivity index (χ4n) is 2.95. The highest BCUT2D eigenvalue weighted by Crippen LogP contribution is 2.28. The Bertz CT molecular complexity index is 520. The van der Waals surface area contributed by atoms with Crippen LogP contribution in [-0.2, 0) is 10.0 Å². The molecule has 0 saturated heterocycles. The smallest absolute Gasteiger partial charge is 0.240 e. The van der Waals surface area contributed by atoms with Gasteiger partial charge in [-0.15, -0.1) is 0 Å². The van der Waals surface area contributed by atoms with Crippen LogP contribution in [0.15, 0.2) is 29.2 Å². The number of sulfonamides is 1. The van der Waals surface area contributed by atoms with E-state index in [4.69, 9.17) is 0 Å². The molecule has 2 rings (SSSR count). The fraction of sp³-hybridized carbons (Fsp3) is 0.625. The van der Waals surface area contributed by atoms with Gasteiger partial charge in [-0.1, -0.05) is 32.6 Å². The van der Waals surface area contributed by atoms with Crippen LogP contribution in [0.25, 0.3) is 0 Å². The zero-order chi connectivity index (χ0) is 15.1. The van der Waals surface area contributed by atoms with Crippen LogP contribution < -0.4 is 10.0 Å². The van der Waals surface area contributed by atoms with Gasteiger partial charge in [0.1, 0.15) is 0 Å². The second-order valence-electron chi connectivity index (χ2n) is 5.75. The number of anilines is 1. The van der Waals surface area contributed by atoms with Crippen LogP contribution >= 0.6 is 0 Å². The van der Waals surface area contributed by atoms with Crippen molar-refractivity contribution in [3.05, 3.63) is 24.3 Å². The molecule has 0 bridgehead atoms. The molecule has 0 amide bonds. The highest BCUT2D eigenvalue weighted by molar-refractivity contribution is 7.89. The summed E-state index contributed by atoms with van der Waals surface area (Å²) in [5, 5.41) is 3.36. The third-order valence-corrected chi connectivity index (χ3v) is 5.65. The first-order valence-corrected chi connectivity index (χ1v) is 9.44. The fourth-order valence-corrected chi connectivity index (χ4v) is 3.99. The van der Waals surface area contributed by atoms with E-state index in [2.05, 4.69) is 10.0 Å². The molecule has 0 unspecified atom stereocenters. The van der Waals surface area contributed by atoms with Crippen LogP contribution in [0.3, 0.4) is 0 Å². The number of benzene rings is 1. The molecule has 21 heavy (non-hydrogen) atoms. The minimum atomic E-state index is -3.34. The van der Waals surface area contributed by atoms with Crippen LogP contribution in [0, 0.1) is 5.92 Å². The van der Waals surface area contributed by atoms with Gasteiger partial charge in [0, 0.05) is 18.8 Å². The first-order chi connectivity index (χ1) is 10.1. The predicted molar refractivity (Wildman–Crippen MR) is 87.0 cm³/mol. The topological polar surface area (TPSA) is 58.2 Å². The SMILES string of the molecule is CCNS(=O)(=O)c1ccc(NCCCC2CCCC2)cc1. The summed E-state index contributed by atoms with van der Waals surface area (Å²) in [6.07, 6.45) is 8.09. The summed E-state index contributed by atoms with van der Waals surface area (Å²) < 4.78 is 26.1. The van der Waals surface area contributed by atoms with Crippen molar-refractivity contribution >= 4 is 15.7 Å². The molecule has 1 saturated carbocycles. The van der Waals surface area contributed by atoms with Crippen molar-refractivity contribution < 1.29 is 8.42 Å². The van der Waals surface area contributed by atoms with Crippen molar-refractivity contribution in [3.8, 4) is 0 Å². The Balaban J connectivity index is 1.77. The Morgan fingerprint density at radius 3 is 2.43 bits per heavy atom. The van der Waals surface area contributed by atoms with Crippen LogP contribution in [0.4, 0.5) is 5.69 Å². The summed E-state index contributed by atoms with van der Waals surface area (Å²) in [5.74, 6) is 0.930. The van der Waals surface area contributed by atoms with Crippen molar-refractivity contribution in [2.24, 2.45) is 5.92 Å². The molecule has 0 spiro atoms. The lowest BCUT2D eigenvalue weighted by Gasteiger charge is -2.11. The summed E-state index contributed by atoms with van der Waals surface area (Å²) in [4.78, 5) is 0.320. The third kappa shape index (κ3) is 5.00. The van der Waals surface area contributed by atoms with E-state index in [0.29, 0.717) is 11.4 Å². The van der Waals surface area contributed by atoms with Crippen molar-refractivity contribution in [3.63, 3.8) is 0 Å². The second kappa shape index (κ2) is 7.80. The molecule has 4 nitrogen and oxygen atoms in total. The largest absolute Gasteiger partial charge is 0.385 e. The van der Waals surface area contributed by atoms with E-state index < -0.39 is 10.0 Å². The van der Waals surface area contributed by atoms with Gasteiger partial charge in [0.25, 0.3) is 0 Å². The van der Waals surface area contributed by atoms with Crippen LogP contribution in [0.2, 0.25) is 0 Å². The van der Waals surface area contributed by atoms with Gasteiger partial charge in [0.05, 0.1) is 4.90 Å². The molecule has 0 radical (unpaired) electrons. The van der Waals surface area contributed by atoms with E-state index in [-0.39, 0.29) is 0 Å². The average molecular weight is 310 g/mol. The van der Waals surface area contributed by atoms with Gasteiger partial charge in [0.2, 0.25) is 10.0 Å². The number of nitrogens with one attached hydrogen (secondary N) is 2. The van der Waals surface area contributed by atoms with E-state index in [1.165, 1.54) is 38.5 Å². The van der Waals surface area contributed by atoms with Gasteiger partial charge in [-0.3, -0.25) is 0 Å². The normalized spacial score (nSPS) is 16.2. The minimum Gasteiger partial charge on any atom is -0.385 e. The Morgan fingerprint density at radius 1 is 1.14 bits per heavy atom. The van der Waals surface area contributed by atoms with Crippen molar-refractivity contribution in [1.29, 1.82) is 0 Å². The van der Waals surface area contributed by atoms with Gasteiger partial charge in [-0.2, -0.15) is 0 Å². The Hall–Kier alpha value is -1.07. The molecule has 1 aromatic rings. The lowest BCUT2D eigenvalue weighted by Crippen LogP contribution is -2.23. The maximum absolute atomic E-state index is 11.8. The summed E-state index contributed by atoms with van der Waals surface area (Å²) in [6.45, 7) is 3.14. The summed E-state index contributed by atoms with van der Waals surface area (Å²) in [7, 11) is -3.34. The van der Waals surface area contributed by atoms with Crippen molar-refractivity contribution in [2.45, 2.75) is 50.3 Å². The molecule has 118 valence electrons. The number of hydrogen-bond donors (Lipinski definition) is 2. The highest BCUT2D eigenvalue weighted by atomic mass is 32.2. The van der Waals surface area contributed by atoms with Gasteiger partial charge in [-0.05, 0) is 43.0 Å². The monoisotopic (exact) mass is 310 g/mol. The molecule has 2 N–H and O–H groups in total. The summed E-state index contributed by atoms with van der Waals surface area (Å²) >= 11 is 0. The minimum absolute atomic E-state index is 0.320. The molecule has 1 aliphatic carbocycles.